The Bertz CT molecular complexity index is 410. The third-order valence-corrected chi connectivity index (χ3v) is 3.89. The van der Waals surface area contributed by atoms with Gasteiger partial charge in [-0.15, -0.1) is 12.4 Å². The van der Waals surface area contributed by atoms with Crippen LogP contribution in [0.2, 0.25) is 0 Å². The third-order valence-electron chi connectivity index (χ3n) is 3.89. The quantitative estimate of drug-likeness (QED) is 0.905. The lowest BCUT2D eigenvalue weighted by molar-refractivity contribution is -0.122. The topological polar surface area (TPSA) is 46.3 Å². The van der Waals surface area contributed by atoms with Crippen molar-refractivity contribution in [2.24, 2.45) is 11.7 Å². The van der Waals surface area contributed by atoms with Crippen LogP contribution in [0.25, 0.3) is 0 Å². The molecule has 0 bridgehead atoms. The molecule has 1 saturated carbocycles. The molecule has 0 spiro atoms. The summed E-state index contributed by atoms with van der Waals surface area (Å²) in [7, 11) is 0. The average Bonchev–Trinajstić information content (AvgIpc) is 2.87. The van der Waals surface area contributed by atoms with Gasteiger partial charge in [0.25, 0.3) is 0 Å². The van der Waals surface area contributed by atoms with Crippen LogP contribution in [0.3, 0.4) is 0 Å². The highest BCUT2D eigenvalue weighted by Crippen LogP contribution is 2.28. The molecule has 2 unspecified atom stereocenters. The van der Waals surface area contributed by atoms with Gasteiger partial charge in [-0.05, 0) is 37.8 Å². The number of carbonyl (C=O) groups is 1. The largest absolute Gasteiger partial charge is 0.328 e. The molecule has 1 fully saturated rings. The van der Waals surface area contributed by atoms with Gasteiger partial charge in [-0.3, -0.25) is 4.79 Å². The Labute approximate surface area is 127 Å². The second-order valence-corrected chi connectivity index (χ2v) is 5.45. The first-order valence-electron chi connectivity index (χ1n) is 7.34. The van der Waals surface area contributed by atoms with Crippen molar-refractivity contribution in [2.45, 2.75) is 45.1 Å². The van der Waals surface area contributed by atoms with Crippen LogP contribution in [-0.2, 0) is 4.79 Å². The van der Waals surface area contributed by atoms with Crippen LogP contribution in [0.1, 0.15) is 39.0 Å². The minimum atomic E-state index is 0. The summed E-state index contributed by atoms with van der Waals surface area (Å²) in [6.07, 6.45) is 4.90. The summed E-state index contributed by atoms with van der Waals surface area (Å²) in [5.74, 6) is 0.375. The van der Waals surface area contributed by atoms with Crippen LogP contribution >= 0.6 is 12.4 Å². The molecule has 0 aromatic heterocycles. The van der Waals surface area contributed by atoms with Crippen molar-refractivity contribution >= 4 is 24.0 Å². The van der Waals surface area contributed by atoms with E-state index < -0.39 is 0 Å². The molecule has 112 valence electrons. The van der Waals surface area contributed by atoms with Crippen LogP contribution < -0.4 is 10.6 Å². The van der Waals surface area contributed by atoms with E-state index in [1.54, 1.807) is 0 Å². The van der Waals surface area contributed by atoms with Crippen molar-refractivity contribution in [1.29, 1.82) is 0 Å². The molecule has 0 aliphatic heterocycles. The molecule has 2 atom stereocenters. The second-order valence-electron chi connectivity index (χ2n) is 5.45. The minimum absolute atomic E-state index is 0. The maximum atomic E-state index is 12.7. The van der Waals surface area contributed by atoms with Crippen molar-refractivity contribution in [3.63, 3.8) is 0 Å². The maximum Gasteiger partial charge on any atom is 0.230 e. The fourth-order valence-corrected chi connectivity index (χ4v) is 2.75. The Morgan fingerprint density at radius 3 is 2.55 bits per heavy atom. The molecule has 1 aromatic carbocycles. The normalized spacial score (nSPS) is 21.3. The Kier molecular flexibility index (Phi) is 7.03. The van der Waals surface area contributed by atoms with Gasteiger partial charge < -0.3 is 10.6 Å². The number of anilines is 1. The van der Waals surface area contributed by atoms with E-state index in [-0.39, 0.29) is 30.3 Å². The Morgan fingerprint density at radius 1 is 1.30 bits per heavy atom. The lowest BCUT2D eigenvalue weighted by Crippen LogP contribution is -2.36. The highest BCUT2D eigenvalue weighted by atomic mass is 35.5. The van der Waals surface area contributed by atoms with E-state index in [2.05, 4.69) is 6.92 Å². The van der Waals surface area contributed by atoms with Gasteiger partial charge in [0.15, 0.2) is 0 Å². The van der Waals surface area contributed by atoms with Crippen molar-refractivity contribution in [3.05, 3.63) is 30.3 Å². The van der Waals surface area contributed by atoms with E-state index >= 15 is 0 Å². The van der Waals surface area contributed by atoms with E-state index in [1.165, 1.54) is 0 Å². The van der Waals surface area contributed by atoms with E-state index in [0.717, 1.165) is 44.3 Å². The van der Waals surface area contributed by atoms with Crippen molar-refractivity contribution < 1.29 is 4.79 Å². The Morgan fingerprint density at radius 2 is 2.00 bits per heavy atom. The number of nitrogens with zero attached hydrogens (tertiary/aromatic N) is 1. The van der Waals surface area contributed by atoms with E-state index in [9.17, 15) is 4.79 Å². The van der Waals surface area contributed by atoms with Crippen LogP contribution in [0.4, 0.5) is 5.69 Å². The first-order chi connectivity index (χ1) is 9.22. The summed E-state index contributed by atoms with van der Waals surface area (Å²) in [6.45, 7) is 2.96. The summed E-state index contributed by atoms with van der Waals surface area (Å²) in [5.41, 5.74) is 6.95. The zero-order valence-corrected chi connectivity index (χ0v) is 12.9. The summed E-state index contributed by atoms with van der Waals surface area (Å²) < 4.78 is 0. The van der Waals surface area contributed by atoms with Crippen LogP contribution in [0, 0.1) is 5.92 Å². The number of unbranched alkanes of at least 4 members (excludes halogenated alkanes) is 1. The number of hydrogen-bond donors (Lipinski definition) is 1. The Hall–Kier alpha value is -1.06. The molecule has 1 aliphatic rings. The van der Waals surface area contributed by atoms with Gasteiger partial charge in [-0.25, -0.2) is 0 Å². The first-order valence-corrected chi connectivity index (χ1v) is 7.34. The number of hydrogen-bond acceptors (Lipinski definition) is 2. The van der Waals surface area contributed by atoms with E-state index in [4.69, 9.17) is 5.73 Å². The van der Waals surface area contributed by atoms with E-state index in [0.29, 0.717) is 0 Å². The molecular formula is C16H25ClN2O. The van der Waals surface area contributed by atoms with Gasteiger partial charge >= 0.3 is 0 Å². The average molecular weight is 297 g/mol. The molecule has 1 aromatic rings. The van der Waals surface area contributed by atoms with Gasteiger partial charge in [0.2, 0.25) is 5.91 Å². The zero-order chi connectivity index (χ0) is 13.7. The highest BCUT2D eigenvalue weighted by molar-refractivity contribution is 5.95. The number of rotatable bonds is 5. The maximum absolute atomic E-state index is 12.7. The molecule has 0 saturated heterocycles. The summed E-state index contributed by atoms with van der Waals surface area (Å²) in [6, 6.07) is 10.2. The summed E-state index contributed by atoms with van der Waals surface area (Å²) in [5, 5.41) is 0. The van der Waals surface area contributed by atoms with E-state index in [1.807, 2.05) is 35.2 Å². The van der Waals surface area contributed by atoms with Gasteiger partial charge in [0, 0.05) is 24.2 Å². The Balaban J connectivity index is 0.00000200. The lowest BCUT2D eigenvalue weighted by Gasteiger charge is -2.25. The zero-order valence-electron chi connectivity index (χ0n) is 12.1. The van der Waals surface area contributed by atoms with Crippen LogP contribution in [0.5, 0.6) is 0 Å². The standard InChI is InChI=1S/C16H24N2O.ClH/c1-2-3-11-18(15-7-5-4-6-8-15)16(19)13-9-10-14(17)12-13;/h4-8,13-14H,2-3,9-12,17H2,1H3;1H. The second kappa shape index (κ2) is 8.28. The monoisotopic (exact) mass is 296 g/mol. The lowest BCUT2D eigenvalue weighted by atomic mass is 10.1. The molecule has 1 amide bonds. The SMILES string of the molecule is CCCCN(C(=O)C1CCC(N)C1)c1ccccc1.Cl. The molecule has 1 aliphatic carbocycles. The summed E-state index contributed by atoms with van der Waals surface area (Å²) in [4.78, 5) is 14.6. The number of nitrogens with two attached hydrogens (primary N) is 1. The third kappa shape index (κ3) is 4.22. The minimum Gasteiger partial charge on any atom is -0.328 e. The van der Waals surface area contributed by atoms with Gasteiger partial charge in [0.05, 0.1) is 0 Å². The summed E-state index contributed by atoms with van der Waals surface area (Å²) >= 11 is 0. The molecule has 20 heavy (non-hydrogen) atoms. The number of benzene rings is 1. The molecule has 0 radical (unpaired) electrons. The van der Waals surface area contributed by atoms with Gasteiger partial charge in [-0.2, -0.15) is 0 Å². The molecule has 0 heterocycles. The molecule has 2 rings (SSSR count). The fourth-order valence-electron chi connectivity index (χ4n) is 2.75. The molecule has 3 nitrogen and oxygen atoms in total. The number of para-hydroxylation sites is 1. The van der Waals surface area contributed by atoms with Crippen molar-refractivity contribution in [1.82, 2.24) is 0 Å². The molecule has 2 N–H and O–H groups in total. The smallest absolute Gasteiger partial charge is 0.230 e. The predicted octanol–water partition coefficient (Wildman–Crippen LogP) is 3.37. The van der Waals surface area contributed by atoms with Crippen LogP contribution in [-0.4, -0.2) is 18.5 Å². The number of carbonyl (C=O) groups excluding carboxylic acids is 1. The van der Waals surface area contributed by atoms with Gasteiger partial charge in [0.1, 0.15) is 0 Å². The fraction of sp³-hybridized carbons (Fsp3) is 0.562. The predicted molar refractivity (Wildman–Crippen MR) is 86.3 cm³/mol. The number of amides is 1. The first kappa shape index (κ1) is 17.0. The van der Waals surface area contributed by atoms with Crippen molar-refractivity contribution in [2.75, 3.05) is 11.4 Å². The molecular weight excluding hydrogens is 272 g/mol. The van der Waals surface area contributed by atoms with Gasteiger partial charge in [-0.1, -0.05) is 31.5 Å². The molecule has 4 heteroatoms. The highest BCUT2D eigenvalue weighted by Gasteiger charge is 2.31. The van der Waals surface area contributed by atoms with Crippen molar-refractivity contribution in [3.8, 4) is 0 Å². The number of halogens is 1. The van der Waals surface area contributed by atoms with Crippen LogP contribution in [0.15, 0.2) is 30.3 Å².